The molecule has 0 radical (unpaired) electrons. The SMILES string of the molecule is O=C(NCC(=O)N1CCCC1)c1ccc(O)c(O)c1. The van der Waals surface area contributed by atoms with E-state index in [0.29, 0.717) is 0 Å². The number of phenols is 2. The van der Waals surface area contributed by atoms with Gasteiger partial charge >= 0.3 is 0 Å². The molecule has 6 nitrogen and oxygen atoms in total. The van der Waals surface area contributed by atoms with Crippen molar-refractivity contribution in [3.63, 3.8) is 0 Å². The van der Waals surface area contributed by atoms with Gasteiger partial charge in [-0.25, -0.2) is 0 Å². The van der Waals surface area contributed by atoms with E-state index in [1.807, 2.05) is 0 Å². The molecule has 0 bridgehead atoms. The predicted molar refractivity (Wildman–Crippen MR) is 67.9 cm³/mol. The summed E-state index contributed by atoms with van der Waals surface area (Å²) >= 11 is 0. The van der Waals surface area contributed by atoms with Crippen LogP contribution in [0.2, 0.25) is 0 Å². The summed E-state index contributed by atoms with van der Waals surface area (Å²) < 4.78 is 0. The van der Waals surface area contributed by atoms with Gasteiger partial charge in [-0.2, -0.15) is 0 Å². The highest BCUT2D eigenvalue weighted by Gasteiger charge is 2.18. The molecule has 1 saturated heterocycles. The fourth-order valence-electron chi connectivity index (χ4n) is 2.00. The van der Waals surface area contributed by atoms with Gasteiger partial charge in [0.25, 0.3) is 5.91 Å². The minimum absolute atomic E-state index is 0.0551. The van der Waals surface area contributed by atoms with Crippen LogP contribution in [-0.4, -0.2) is 46.6 Å². The fraction of sp³-hybridized carbons (Fsp3) is 0.385. The van der Waals surface area contributed by atoms with Crippen LogP contribution in [0.3, 0.4) is 0 Å². The van der Waals surface area contributed by atoms with Crippen molar-refractivity contribution in [3.8, 4) is 11.5 Å². The number of amides is 2. The van der Waals surface area contributed by atoms with Gasteiger partial charge in [0.05, 0.1) is 6.54 Å². The lowest BCUT2D eigenvalue weighted by atomic mass is 10.2. The molecule has 1 aliphatic heterocycles. The van der Waals surface area contributed by atoms with Crippen LogP contribution in [0.4, 0.5) is 0 Å². The number of phenolic OH excluding ortho intramolecular Hbond substituents is 2. The lowest BCUT2D eigenvalue weighted by molar-refractivity contribution is -0.129. The van der Waals surface area contributed by atoms with E-state index in [4.69, 9.17) is 5.11 Å². The summed E-state index contributed by atoms with van der Waals surface area (Å²) in [6, 6.07) is 3.77. The molecule has 2 rings (SSSR count). The smallest absolute Gasteiger partial charge is 0.251 e. The topological polar surface area (TPSA) is 89.9 Å². The number of likely N-dealkylation sites (tertiary alicyclic amines) is 1. The number of rotatable bonds is 3. The van der Waals surface area contributed by atoms with Crippen molar-refractivity contribution >= 4 is 11.8 Å². The molecule has 1 heterocycles. The standard InChI is InChI=1S/C13H16N2O4/c16-10-4-3-9(7-11(10)17)13(19)14-8-12(18)15-5-1-2-6-15/h3-4,7,16-17H,1-2,5-6,8H2,(H,14,19). The van der Waals surface area contributed by atoms with Gasteiger partial charge in [0.1, 0.15) is 0 Å². The Kier molecular flexibility index (Phi) is 3.89. The van der Waals surface area contributed by atoms with Crippen LogP contribution in [0.15, 0.2) is 18.2 Å². The second-order valence-electron chi connectivity index (χ2n) is 4.47. The number of nitrogens with zero attached hydrogens (tertiary/aromatic N) is 1. The number of carbonyl (C=O) groups is 2. The lowest BCUT2D eigenvalue weighted by Crippen LogP contribution is -2.38. The maximum absolute atomic E-state index is 11.8. The lowest BCUT2D eigenvalue weighted by Gasteiger charge is -2.15. The molecule has 0 unspecified atom stereocenters. The summed E-state index contributed by atoms with van der Waals surface area (Å²) in [6.07, 6.45) is 2.01. The van der Waals surface area contributed by atoms with E-state index >= 15 is 0 Å². The van der Waals surface area contributed by atoms with E-state index in [0.717, 1.165) is 32.0 Å². The molecule has 2 amide bonds. The fourth-order valence-corrected chi connectivity index (χ4v) is 2.00. The Bertz CT molecular complexity index is 495. The Morgan fingerprint density at radius 1 is 1.16 bits per heavy atom. The minimum Gasteiger partial charge on any atom is -0.504 e. The normalized spacial score (nSPS) is 14.4. The molecule has 1 fully saturated rings. The molecule has 6 heteroatoms. The Hall–Kier alpha value is -2.24. The monoisotopic (exact) mass is 264 g/mol. The first-order valence-corrected chi connectivity index (χ1v) is 6.16. The van der Waals surface area contributed by atoms with Crippen molar-refractivity contribution < 1.29 is 19.8 Å². The van der Waals surface area contributed by atoms with Gasteiger partial charge in [-0.3, -0.25) is 9.59 Å². The number of aromatic hydroxyl groups is 2. The summed E-state index contributed by atoms with van der Waals surface area (Å²) in [7, 11) is 0. The molecule has 1 aromatic carbocycles. The van der Waals surface area contributed by atoms with Gasteiger partial charge in [-0.1, -0.05) is 0 Å². The maximum Gasteiger partial charge on any atom is 0.251 e. The van der Waals surface area contributed by atoms with Crippen LogP contribution in [0.25, 0.3) is 0 Å². The van der Waals surface area contributed by atoms with E-state index < -0.39 is 5.91 Å². The maximum atomic E-state index is 11.8. The van der Waals surface area contributed by atoms with Gasteiger partial charge in [-0.15, -0.1) is 0 Å². The van der Waals surface area contributed by atoms with Crippen molar-refractivity contribution in [2.75, 3.05) is 19.6 Å². The molecular weight excluding hydrogens is 248 g/mol. The number of carbonyl (C=O) groups excluding carboxylic acids is 2. The van der Waals surface area contributed by atoms with E-state index in [2.05, 4.69) is 5.32 Å². The van der Waals surface area contributed by atoms with Crippen LogP contribution < -0.4 is 5.32 Å². The van der Waals surface area contributed by atoms with Crippen molar-refractivity contribution in [1.82, 2.24) is 10.2 Å². The minimum atomic E-state index is -0.456. The average molecular weight is 264 g/mol. The number of hydrogen-bond acceptors (Lipinski definition) is 4. The molecule has 0 atom stereocenters. The zero-order chi connectivity index (χ0) is 13.8. The predicted octanol–water partition coefficient (Wildman–Crippen LogP) is 0.450. The van der Waals surface area contributed by atoms with E-state index in [1.165, 1.54) is 12.1 Å². The van der Waals surface area contributed by atoms with Crippen LogP contribution in [0.5, 0.6) is 11.5 Å². The second-order valence-corrected chi connectivity index (χ2v) is 4.47. The van der Waals surface area contributed by atoms with Gasteiger partial charge in [0, 0.05) is 18.7 Å². The molecule has 0 aromatic heterocycles. The zero-order valence-corrected chi connectivity index (χ0v) is 10.4. The highest BCUT2D eigenvalue weighted by atomic mass is 16.3. The molecule has 1 aliphatic rings. The molecule has 19 heavy (non-hydrogen) atoms. The first kappa shape index (κ1) is 13.2. The number of benzene rings is 1. The summed E-state index contributed by atoms with van der Waals surface area (Å²) in [5.41, 5.74) is 0.199. The average Bonchev–Trinajstić information content (AvgIpc) is 2.92. The van der Waals surface area contributed by atoms with E-state index in [1.54, 1.807) is 4.90 Å². The number of hydrogen-bond donors (Lipinski definition) is 3. The summed E-state index contributed by atoms with van der Waals surface area (Å²) in [4.78, 5) is 25.2. The van der Waals surface area contributed by atoms with Crippen LogP contribution >= 0.6 is 0 Å². The van der Waals surface area contributed by atoms with Gasteiger partial charge < -0.3 is 20.4 Å². The number of nitrogens with one attached hydrogen (secondary N) is 1. The molecule has 3 N–H and O–H groups in total. The van der Waals surface area contributed by atoms with Crippen LogP contribution in [0.1, 0.15) is 23.2 Å². The van der Waals surface area contributed by atoms with Crippen molar-refractivity contribution in [1.29, 1.82) is 0 Å². The van der Waals surface area contributed by atoms with Gasteiger partial charge in [-0.05, 0) is 31.0 Å². The molecule has 1 aromatic rings. The van der Waals surface area contributed by atoms with Gasteiger partial charge in [0.2, 0.25) is 5.91 Å². The van der Waals surface area contributed by atoms with Crippen LogP contribution in [-0.2, 0) is 4.79 Å². The largest absolute Gasteiger partial charge is 0.504 e. The van der Waals surface area contributed by atoms with E-state index in [-0.39, 0.29) is 29.5 Å². The summed E-state index contributed by atoms with van der Waals surface area (Å²) in [6.45, 7) is 1.43. The highest BCUT2D eigenvalue weighted by molar-refractivity contribution is 5.97. The third kappa shape index (κ3) is 3.15. The molecular formula is C13H16N2O4. The molecule has 0 spiro atoms. The molecule has 0 saturated carbocycles. The quantitative estimate of drug-likeness (QED) is 0.691. The summed E-state index contributed by atoms with van der Waals surface area (Å²) in [5, 5.41) is 20.9. The van der Waals surface area contributed by atoms with Gasteiger partial charge in [0.15, 0.2) is 11.5 Å². The first-order chi connectivity index (χ1) is 9.08. The Labute approximate surface area is 110 Å². The molecule has 102 valence electrons. The Balaban J connectivity index is 1.90. The second kappa shape index (κ2) is 5.60. The third-order valence-electron chi connectivity index (χ3n) is 3.10. The third-order valence-corrected chi connectivity index (χ3v) is 3.10. The first-order valence-electron chi connectivity index (χ1n) is 6.16. The van der Waals surface area contributed by atoms with Crippen molar-refractivity contribution in [2.45, 2.75) is 12.8 Å². The molecule has 0 aliphatic carbocycles. The Morgan fingerprint density at radius 3 is 2.47 bits per heavy atom. The van der Waals surface area contributed by atoms with Crippen LogP contribution in [0, 0.1) is 0 Å². The Morgan fingerprint density at radius 2 is 1.84 bits per heavy atom. The zero-order valence-electron chi connectivity index (χ0n) is 10.4. The van der Waals surface area contributed by atoms with E-state index in [9.17, 15) is 14.7 Å². The van der Waals surface area contributed by atoms with Crippen molar-refractivity contribution in [3.05, 3.63) is 23.8 Å². The summed E-state index contributed by atoms with van der Waals surface area (Å²) in [5.74, 6) is -1.21. The highest BCUT2D eigenvalue weighted by Crippen LogP contribution is 2.24. The van der Waals surface area contributed by atoms with Crippen molar-refractivity contribution in [2.24, 2.45) is 0 Å².